The molecule has 0 fully saturated rings. The predicted octanol–water partition coefficient (Wildman–Crippen LogP) is 2.81. The number of nitrogens with one attached hydrogen (secondary N) is 2. The van der Waals surface area contributed by atoms with Crippen LogP contribution in [0.2, 0.25) is 0 Å². The topological polar surface area (TPSA) is 53.1 Å². The van der Waals surface area contributed by atoms with Gasteiger partial charge in [-0.3, -0.25) is 0 Å². The van der Waals surface area contributed by atoms with E-state index in [0.717, 1.165) is 30.4 Å². The summed E-state index contributed by atoms with van der Waals surface area (Å²) < 4.78 is 0. The minimum atomic E-state index is 0.797. The second-order valence-corrected chi connectivity index (χ2v) is 5.39. The highest BCUT2D eigenvalue weighted by atomic mass is 15.1. The number of likely N-dealkylation sites (N-methyl/N-ethyl adjacent to an activating group) is 1. The van der Waals surface area contributed by atoms with E-state index in [0.29, 0.717) is 0 Å². The summed E-state index contributed by atoms with van der Waals surface area (Å²) in [6, 6.07) is 8.14. The lowest BCUT2D eigenvalue weighted by molar-refractivity contribution is 0.425. The largest absolute Gasteiger partial charge is 0.369 e. The first-order valence-corrected chi connectivity index (χ1v) is 7.10. The van der Waals surface area contributed by atoms with Gasteiger partial charge in [-0.05, 0) is 45.1 Å². The van der Waals surface area contributed by atoms with Gasteiger partial charge in [0.15, 0.2) is 0 Å². The Morgan fingerprint density at radius 2 is 1.86 bits per heavy atom. The summed E-state index contributed by atoms with van der Waals surface area (Å²) in [7, 11) is 4.10. The van der Waals surface area contributed by atoms with Gasteiger partial charge in [-0.2, -0.15) is 0 Å². The first-order valence-electron chi connectivity index (χ1n) is 7.10. The average Bonchev–Trinajstić information content (AvgIpc) is 2.44. The number of anilines is 3. The van der Waals surface area contributed by atoms with E-state index in [-0.39, 0.29) is 0 Å². The first kappa shape index (κ1) is 15.3. The molecule has 0 atom stereocenters. The van der Waals surface area contributed by atoms with Crippen molar-refractivity contribution in [2.75, 3.05) is 37.8 Å². The van der Waals surface area contributed by atoms with Crippen LogP contribution in [0.4, 0.5) is 17.3 Å². The molecule has 0 aliphatic carbocycles. The van der Waals surface area contributed by atoms with Gasteiger partial charge in [0.25, 0.3) is 0 Å². The Morgan fingerprint density at radius 3 is 2.62 bits per heavy atom. The van der Waals surface area contributed by atoms with Crippen molar-refractivity contribution in [3.63, 3.8) is 0 Å². The monoisotopic (exact) mass is 285 g/mol. The summed E-state index contributed by atoms with van der Waals surface area (Å²) in [5.41, 5.74) is 3.57. The molecule has 0 radical (unpaired) electrons. The van der Waals surface area contributed by atoms with E-state index in [4.69, 9.17) is 0 Å². The zero-order valence-corrected chi connectivity index (χ0v) is 13.1. The molecular formula is C16H23N5. The van der Waals surface area contributed by atoms with Crippen molar-refractivity contribution in [1.82, 2.24) is 14.9 Å². The fraction of sp³-hybridized carbons (Fsp3) is 0.375. The maximum atomic E-state index is 4.28. The van der Waals surface area contributed by atoms with E-state index in [1.165, 1.54) is 11.1 Å². The zero-order chi connectivity index (χ0) is 15.2. The van der Waals surface area contributed by atoms with Crippen LogP contribution in [0.5, 0.6) is 0 Å². The number of hydrogen-bond donors (Lipinski definition) is 2. The summed E-state index contributed by atoms with van der Waals surface area (Å²) in [6.07, 6.45) is 1.57. The van der Waals surface area contributed by atoms with Crippen LogP contribution in [0, 0.1) is 13.8 Å². The van der Waals surface area contributed by atoms with E-state index >= 15 is 0 Å². The Hall–Kier alpha value is -2.14. The van der Waals surface area contributed by atoms with Gasteiger partial charge in [0.2, 0.25) is 0 Å². The summed E-state index contributed by atoms with van der Waals surface area (Å²) in [5.74, 6) is 1.63. The van der Waals surface area contributed by atoms with Crippen LogP contribution < -0.4 is 10.6 Å². The second-order valence-electron chi connectivity index (χ2n) is 5.39. The van der Waals surface area contributed by atoms with Gasteiger partial charge in [-0.1, -0.05) is 12.1 Å². The standard InChI is InChI=1S/C16H23N5/c1-12-6-5-7-14(13(12)2)20-16-10-15(18-11-19-16)17-8-9-21(3)4/h5-7,10-11H,8-9H2,1-4H3,(H2,17,18,19,20). The number of aryl methyl sites for hydroxylation is 1. The van der Waals surface area contributed by atoms with E-state index < -0.39 is 0 Å². The third kappa shape index (κ3) is 4.43. The summed E-state index contributed by atoms with van der Waals surface area (Å²) >= 11 is 0. The fourth-order valence-corrected chi connectivity index (χ4v) is 1.95. The molecule has 2 rings (SSSR count). The molecule has 21 heavy (non-hydrogen) atoms. The number of benzene rings is 1. The van der Waals surface area contributed by atoms with E-state index in [1.54, 1.807) is 6.33 Å². The van der Waals surface area contributed by atoms with Crippen LogP contribution in [0.3, 0.4) is 0 Å². The average molecular weight is 285 g/mol. The van der Waals surface area contributed by atoms with Gasteiger partial charge < -0.3 is 15.5 Å². The quantitative estimate of drug-likeness (QED) is 0.855. The summed E-state index contributed by atoms with van der Waals surface area (Å²) in [5, 5.41) is 6.65. The zero-order valence-electron chi connectivity index (χ0n) is 13.1. The summed E-state index contributed by atoms with van der Waals surface area (Å²) in [4.78, 5) is 10.6. The van der Waals surface area contributed by atoms with E-state index in [9.17, 15) is 0 Å². The van der Waals surface area contributed by atoms with Gasteiger partial charge in [0, 0.05) is 24.8 Å². The van der Waals surface area contributed by atoms with Crippen molar-refractivity contribution in [3.8, 4) is 0 Å². The molecule has 0 saturated heterocycles. The third-order valence-corrected chi connectivity index (χ3v) is 3.40. The van der Waals surface area contributed by atoms with E-state index in [1.807, 2.05) is 12.1 Å². The lowest BCUT2D eigenvalue weighted by Crippen LogP contribution is -2.21. The molecule has 5 nitrogen and oxygen atoms in total. The van der Waals surface area contributed by atoms with Crippen molar-refractivity contribution < 1.29 is 0 Å². The number of aromatic nitrogens is 2. The fourth-order valence-electron chi connectivity index (χ4n) is 1.95. The highest BCUT2D eigenvalue weighted by molar-refractivity contribution is 5.63. The third-order valence-electron chi connectivity index (χ3n) is 3.40. The SMILES string of the molecule is Cc1cccc(Nc2cc(NCCN(C)C)ncn2)c1C. The lowest BCUT2D eigenvalue weighted by atomic mass is 10.1. The Kier molecular flexibility index (Phi) is 5.11. The normalized spacial score (nSPS) is 10.7. The van der Waals surface area contributed by atoms with Gasteiger partial charge in [-0.25, -0.2) is 9.97 Å². The molecule has 0 saturated carbocycles. The molecule has 5 heteroatoms. The molecule has 1 heterocycles. The summed E-state index contributed by atoms with van der Waals surface area (Å²) in [6.45, 7) is 6.03. The maximum absolute atomic E-state index is 4.28. The molecule has 2 aromatic rings. The highest BCUT2D eigenvalue weighted by Crippen LogP contribution is 2.22. The van der Waals surface area contributed by atoms with Crippen molar-refractivity contribution in [1.29, 1.82) is 0 Å². The number of nitrogens with zero attached hydrogens (tertiary/aromatic N) is 3. The number of rotatable bonds is 6. The van der Waals surface area contributed by atoms with Crippen LogP contribution in [-0.2, 0) is 0 Å². The van der Waals surface area contributed by atoms with Gasteiger partial charge in [0.05, 0.1) is 0 Å². The van der Waals surface area contributed by atoms with Gasteiger partial charge >= 0.3 is 0 Å². The minimum absolute atomic E-state index is 0.797. The molecule has 0 aliphatic heterocycles. The van der Waals surface area contributed by atoms with Crippen molar-refractivity contribution in [2.24, 2.45) is 0 Å². The molecule has 1 aromatic heterocycles. The van der Waals surface area contributed by atoms with Gasteiger partial charge in [-0.15, -0.1) is 0 Å². The molecule has 0 aliphatic rings. The van der Waals surface area contributed by atoms with E-state index in [2.05, 4.69) is 65.6 Å². The number of hydrogen-bond acceptors (Lipinski definition) is 5. The van der Waals surface area contributed by atoms with Gasteiger partial charge in [0.1, 0.15) is 18.0 Å². The second kappa shape index (κ2) is 7.04. The maximum Gasteiger partial charge on any atom is 0.135 e. The molecule has 1 aromatic carbocycles. The molecular weight excluding hydrogens is 262 g/mol. The van der Waals surface area contributed by atoms with Crippen LogP contribution in [-0.4, -0.2) is 42.1 Å². The first-order chi connectivity index (χ1) is 10.1. The Balaban J connectivity index is 2.05. The highest BCUT2D eigenvalue weighted by Gasteiger charge is 2.03. The Labute approximate surface area is 126 Å². The minimum Gasteiger partial charge on any atom is -0.369 e. The van der Waals surface area contributed by atoms with Crippen molar-refractivity contribution in [3.05, 3.63) is 41.7 Å². The molecule has 0 spiro atoms. The molecule has 2 N–H and O–H groups in total. The van der Waals surface area contributed by atoms with Crippen LogP contribution in [0.25, 0.3) is 0 Å². The Morgan fingerprint density at radius 1 is 1.10 bits per heavy atom. The van der Waals surface area contributed by atoms with Crippen molar-refractivity contribution in [2.45, 2.75) is 13.8 Å². The molecule has 0 unspecified atom stereocenters. The molecule has 112 valence electrons. The molecule has 0 amide bonds. The predicted molar refractivity (Wildman–Crippen MR) is 88.3 cm³/mol. The van der Waals surface area contributed by atoms with Crippen LogP contribution in [0.1, 0.15) is 11.1 Å². The van der Waals surface area contributed by atoms with Crippen LogP contribution >= 0.6 is 0 Å². The lowest BCUT2D eigenvalue weighted by Gasteiger charge is -2.13. The Bertz CT molecular complexity index is 595. The van der Waals surface area contributed by atoms with Crippen LogP contribution in [0.15, 0.2) is 30.6 Å². The molecule has 0 bridgehead atoms. The smallest absolute Gasteiger partial charge is 0.135 e. The van der Waals surface area contributed by atoms with Crippen molar-refractivity contribution >= 4 is 17.3 Å².